The smallest absolute Gasteiger partial charge is 0.356 e. The van der Waals surface area contributed by atoms with Crippen molar-refractivity contribution in [2.45, 2.75) is 115 Å². The number of fused-ring (bicyclic) bond motifs is 2. The molecule has 7 amide bonds. The quantitative estimate of drug-likeness (QED) is 0.0307. The molecule has 1 aromatic heterocycles. The molecule has 0 aliphatic carbocycles. The summed E-state index contributed by atoms with van der Waals surface area (Å²) in [5, 5.41) is 8.24. The molecule has 16 nitrogen and oxygen atoms in total. The average Bonchev–Trinajstić information content (AvgIpc) is 4.08. The fourth-order valence-corrected chi connectivity index (χ4v) is 10.7. The molecule has 4 aromatic rings. The van der Waals surface area contributed by atoms with Gasteiger partial charge in [0.2, 0.25) is 29.5 Å². The van der Waals surface area contributed by atoms with E-state index in [9.17, 15) is 56.7 Å². The minimum Gasteiger partial charge on any atom is -0.356 e. The molecule has 3 aliphatic heterocycles. The number of imide groups is 1. The van der Waals surface area contributed by atoms with Crippen molar-refractivity contribution < 1.29 is 56.7 Å². The van der Waals surface area contributed by atoms with E-state index in [2.05, 4.69) is 43.7 Å². The highest BCUT2D eigenvalue weighted by atomic mass is 79.9. The van der Waals surface area contributed by atoms with Crippen LogP contribution in [-0.2, 0) is 40.7 Å². The van der Waals surface area contributed by atoms with E-state index in [0.29, 0.717) is 41.8 Å². The molecule has 0 spiro atoms. The Labute approximate surface area is 427 Å². The standard InChI is InChI=1S/C51H56BrF2N6O10PS/c1-50(2,3)44(57-46(64)41-29-32-28-33(16-22-40(32)72-41)51(53,54)71(68,69)70)49(67)59-26-11-15-39(59)48(66)58(35-19-17-34(52)18-20-35)27-24-42(61)55-25-9-7-5-4-6-8-12-31-13-10-14-36-37(31)30-60(47(36)65)38-21-23-43(62)56-45(38)63/h10,13-14,16-20,22,28-29,38-39,44H,4-7,9,11,15,21,23-27,30H2,1-3H3,(H,55,61)(H,57,64)(H,56,62,63)(H2,68,69,70). The first-order valence-corrected chi connectivity index (χ1v) is 27.0. The summed E-state index contributed by atoms with van der Waals surface area (Å²) in [5.41, 5.74) is -3.63. The Kier molecular flexibility index (Phi) is 16.9. The number of amides is 7. The number of anilines is 1. The topological polar surface area (TPSA) is 223 Å². The Morgan fingerprint density at radius 3 is 2.43 bits per heavy atom. The Balaban J connectivity index is 0.903. The van der Waals surface area contributed by atoms with Crippen molar-refractivity contribution in [2.75, 3.05) is 24.5 Å². The largest absolute Gasteiger partial charge is 0.399 e. The Morgan fingerprint density at radius 1 is 0.986 bits per heavy atom. The number of carbonyl (C=O) groups is 7. The molecule has 5 N–H and O–H groups in total. The molecule has 0 saturated carbocycles. The summed E-state index contributed by atoms with van der Waals surface area (Å²) < 4.78 is 41.7. The maximum atomic E-state index is 14.5. The third kappa shape index (κ3) is 12.3. The van der Waals surface area contributed by atoms with Crippen LogP contribution in [0.2, 0.25) is 0 Å². The van der Waals surface area contributed by atoms with Gasteiger partial charge in [-0.05, 0) is 103 Å². The minimum absolute atomic E-state index is 0.00752. The number of likely N-dealkylation sites (tertiary alicyclic amines) is 1. The predicted molar refractivity (Wildman–Crippen MR) is 270 cm³/mol. The van der Waals surface area contributed by atoms with Gasteiger partial charge in [0.1, 0.15) is 18.1 Å². The van der Waals surface area contributed by atoms with Crippen molar-refractivity contribution in [2.24, 2.45) is 5.41 Å². The number of thiophene rings is 1. The third-order valence-corrected chi connectivity index (χ3v) is 15.6. The van der Waals surface area contributed by atoms with E-state index >= 15 is 0 Å². The van der Waals surface area contributed by atoms with E-state index < -0.39 is 60.1 Å². The summed E-state index contributed by atoms with van der Waals surface area (Å²) in [6.07, 6.45) is 5.22. The number of hydrogen-bond donors (Lipinski definition) is 5. The van der Waals surface area contributed by atoms with Crippen molar-refractivity contribution >= 4 is 92.0 Å². The molecule has 21 heteroatoms. The van der Waals surface area contributed by atoms with Crippen LogP contribution in [0.3, 0.4) is 0 Å². The Morgan fingerprint density at radius 2 is 1.72 bits per heavy atom. The number of nitrogens with one attached hydrogen (secondary N) is 3. The predicted octanol–water partition coefficient (Wildman–Crippen LogP) is 7.33. The molecule has 3 atom stereocenters. The van der Waals surface area contributed by atoms with Gasteiger partial charge in [0.05, 0.1) is 4.88 Å². The molecule has 3 aliphatic rings. The summed E-state index contributed by atoms with van der Waals surface area (Å²) in [6.45, 7) is 6.24. The van der Waals surface area contributed by atoms with Crippen molar-refractivity contribution in [1.82, 2.24) is 25.8 Å². The Bertz CT molecular complexity index is 2890. The number of rotatable bonds is 17. The van der Waals surface area contributed by atoms with Gasteiger partial charge in [-0.15, -0.1) is 11.3 Å². The van der Waals surface area contributed by atoms with Gasteiger partial charge in [0.25, 0.3) is 11.8 Å². The second-order valence-corrected chi connectivity index (χ2v) is 22.8. The molecule has 2 saturated heterocycles. The molecule has 2 fully saturated rings. The van der Waals surface area contributed by atoms with Crippen LogP contribution in [0.25, 0.3) is 10.1 Å². The number of nitrogens with zero attached hydrogens (tertiary/aromatic N) is 3. The first-order valence-electron chi connectivity index (χ1n) is 23.7. The lowest BCUT2D eigenvalue weighted by Gasteiger charge is -2.36. The van der Waals surface area contributed by atoms with Crippen molar-refractivity contribution in [1.29, 1.82) is 0 Å². The van der Waals surface area contributed by atoms with Crippen LogP contribution in [0.1, 0.15) is 122 Å². The van der Waals surface area contributed by atoms with Crippen molar-refractivity contribution in [3.63, 3.8) is 0 Å². The first kappa shape index (κ1) is 53.9. The molecular weight excluding hydrogens is 1040 g/mol. The SMILES string of the molecule is CC(C)(C)C(NC(=O)c1cc2cc(C(F)(F)P(=O)(O)O)ccc2s1)C(=O)N1CCCC1C(=O)N(CCC(=O)NCCCCCCC#Cc1cccc2c1CN(C1CCC(=O)NC1=O)C2=O)c1ccc(Br)cc1. The van der Waals surface area contributed by atoms with E-state index in [4.69, 9.17) is 0 Å². The van der Waals surface area contributed by atoms with Crippen LogP contribution in [0.5, 0.6) is 0 Å². The normalized spacial score (nSPS) is 17.5. The highest BCUT2D eigenvalue weighted by molar-refractivity contribution is 9.10. The summed E-state index contributed by atoms with van der Waals surface area (Å²) in [5.74, 6) is 3.56. The highest BCUT2D eigenvalue weighted by Gasteiger charge is 2.50. The molecule has 72 heavy (non-hydrogen) atoms. The lowest BCUT2D eigenvalue weighted by atomic mass is 9.85. The fraction of sp³-hybridized carbons (Fsp3) is 0.431. The number of halogens is 3. The Hall–Kier alpha value is -5.84. The summed E-state index contributed by atoms with van der Waals surface area (Å²) >= 11 is 4.40. The van der Waals surface area contributed by atoms with Gasteiger partial charge >= 0.3 is 13.3 Å². The van der Waals surface area contributed by atoms with E-state index in [-0.39, 0.29) is 72.8 Å². The van der Waals surface area contributed by atoms with Crippen LogP contribution < -0.4 is 20.9 Å². The van der Waals surface area contributed by atoms with Gasteiger partial charge in [0, 0.05) is 77.0 Å². The average molecular weight is 1090 g/mol. The molecule has 7 rings (SSSR count). The molecule has 0 radical (unpaired) electrons. The van der Waals surface area contributed by atoms with Crippen molar-refractivity contribution in [3.8, 4) is 11.8 Å². The molecule has 4 heterocycles. The maximum Gasteiger partial charge on any atom is 0.399 e. The van der Waals surface area contributed by atoms with Gasteiger partial charge in [-0.25, -0.2) is 0 Å². The third-order valence-electron chi connectivity index (χ3n) is 13.0. The number of carbonyl (C=O) groups excluding carboxylic acids is 7. The maximum absolute atomic E-state index is 14.5. The summed E-state index contributed by atoms with van der Waals surface area (Å²) in [4.78, 5) is 116. The van der Waals surface area contributed by atoms with Crippen LogP contribution in [-0.4, -0.2) is 98.7 Å². The van der Waals surface area contributed by atoms with Gasteiger partial charge in [0.15, 0.2) is 0 Å². The second-order valence-electron chi connectivity index (χ2n) is 19.2. The first-order chi connectivity index (χ1) is 34.0. The zero-order chi connectivity index (χ0) is 52.1. The van der Waals surface area contributed by atoms with Crippen molar-refractivity contribution in [3.05, 3.63) is 98.3 Å². The monoisotopic (exact) mass is 1090 g/mol. The van der Waals surface area contributed by atoms with E-state index in [1.807, 2.05) is 6.07 Å². The van der Waals surface area contributed by atoms with Crippen LogP contribution in [0.4, 0.5) is 14.5 Å². The summed E-state index contributed by atoms with van der Waals surface area (Å²) in [7, 11) is -5.83. The molecule has 0 bridgehead atoms. The van der Waals surface area contributed by atoms with Gasteiger partial charge < -0.3 is 35.1 Å². The van der Waals surface area contributed by atoms with E-state index in [1.165, 1.54) is 26.8 Å². The number of alkyl halides is 2. The van der Waals surface area contributed by atoms with Gasteiger partial charge in [-0.1, -0.05) is 73.5 Å². The summed E-state index contributed by atoms with van der Waals surface area (Å²) in [6, 6.07) is 14.1. The highest BCUT2D eigenvalue weighted by Crippen LogP contribution is 2.59. The molecule has 382 valence electrons. The van der Waals surface area contributed by atoms with E-state index in [0.717, 1.165) is 64.8 Å². The fourth-order valence-electron chi connectivity index (χ4n) is 9.06. The number of hydrogen-bond acceptors (Lipinski definition) is 9. The zero-order valence-electron chi connectivity index (χ0n) is 40.0. The van der Waals surface area contributed by atoms with Crippen LogP contribution in [0.15, 0.2) is 71.2 Å². The lowest BCUT2D eigenvalue weighted by Crippen LogP contribution is -2.58. The van der Waals surface area contributed by atoms with Gasteiger partial charge in [-0.3, -0.25) is 43.4 Å². The number of piperidine rings is 1. The van der Waals surface area contributed by atoms with Gasteiger partial charge in [-0.2, -0.15) is 8.78 Å². The molecule has 3 unspecified atom stereocenters. The number of unbranched alkanes of at least 4 members (excludes halogenated alkanes) is 4. The van der Waals surface area contributed by atoms with Crippen LogP contribution >= 0.6 is 34.9 Å². The van der Waals surface area contributed by atoms with Crippen LogP contribution in [0, 0.1) is 17.3 Å². The molecule has 3 aromatic carbocycles. The molecular formula is C51H56BrF2N6O10PS. The second kappa shape index (κ2) is 22.5. The zero-order valence-corrected chi connectivity index (χ0v) is 43.3. The minimum atomic E-state index is -5.83. The lowest BCUT2D eigenvalue weighted by molar-refractivity contribution is -0.141. The number of benzene rings is 3. The van der Waals surface area contributed by atoms with E-state index in [1.54, 1.807) is 57.2 Å².